The zero-order valence-corrected chi connectivity index (χ0v) is 12.8. The molecular formula is C12H12FIN4O2. The molecule has 0 fully saturated rings. The summed E-state index contributed by atoms with van der Waals surface area (Å²) >= 11 is 1.73. The number of hydrogen-bond donors (Lipinski definition) is 1. The second-order valence-electron chi connectivity index (χ2n) is 4.20. The summed E-state index contributed by atoms with van der Waals surface area (Å²) in [6, 6.07) is 4.24. The van der Waals surface area contributed by atoms with E-state index < -0.39 is 10.7 Å². The van der Waals surface area contributed by atoms with Crippen LogP contribution in [0.15, 0.2) is 24.4 Å². The van der Waals surface area contributed by atoms with Crippen molar-refractivity contribution in [1.29, 1.82) is 0 Å². The number of nitro benzene ring substituents is 1. The van der Waals surface area contributed by atoms with E-state index in [0.29, 0.717) is 13.0 Å². The molecule has 0 spiro atoms. The van der Waals surface area contributed by atoms with Gasteiger partial charge in [-0.25, -0.2) is 4.39 Å². The number of aryl methyl sites for hydroxylation is 1. The van der Waals surface area contributed by atoms with Gasteiger partial charge < -0.3 is 5.32 Å². The Morgan fingerprint density at radius 2 is 2.30 bits per heavy atom. The Morgan fingerprint density at radius 1 is 1.55 bits per heavy atom. The van der Waals surface area contributed by atoms with Crippen LogP contribution in [-0.2, 0) is 13.5 Å². The molecule has 0 aliphatic carbocycles. The highest BCUT2D eigenvalue weighted by molar-refractivity contribution is 14.1. The van der Waals surface area contributed by atoms with Gasteiger partial charge in [-0.05, 0) is 28.7 Å². The van der Waals surface area contributed by atoms with Crippen molar-refractivity contribution in [2.45, 2.75) is 6.42 Å². The fourth-order valence-corrected chi connectivity index (χ4v) is 2.20. The van der Waals surface area contributed by atoms with Crippen LogP contribution >= 0.6 is 22.6 Å². The molecule has 1 aromatic heterocycles. The maximum Gasteiger partial charge on any atom is 0.293 e. The first-order valence-corrected chi connectivity index (χ1v) is 6.91. The van der Waals surface area contributed by atoms with Crippen LogP contribution in [0.1, 0.15) is 5.69 Å². The van der Waals surface area contributed by atoms with E-state index in [4.69, 9.17) is 0 Å². The van der Waals surface area contributed by atoms with E-state index in [-0.39, 0.29) is 14.9 Å². The predicted molar refractivity (Wildman–Crippen MR) is 81.2 cm³/mol. The summed E-state index contributed by atoms with van der Waals surface area (Å²) in [5.74, 6) is -0.475. The minimum atomic E-state index is -0.523. The Labute approximate surface area is 128 Å². The van der Waals surface area contributed by atoms with E-state index in [2.05, 4.69) is 10.4 Å². The van der Waals surface area contributed by atoms with Crippen LogP contribution in [0.4, 0.5) is 15.8 Å². The molecule has 0 amide bonds. The Kier molecular flexibility index (Phi) is 4.53. The molecule has 106 valence electrons. The smallest absolute Gasteiger partial charge is 0.293 e. The number of hydrogen-bond acceptors (Lipinski definition) is 4. The Bertz CT molecular complexity index is 644. The third-order valence-corrected chi connectivity index (χ3v) is 3.53. The van der Waals surface area contributed by atoms with E-state index in [9.17, 15) is 14.5 Å². The van der Waals surface area contributed by atoms with E-state index in [1.165, 1.54) is 6.07 Å². The van der Waals surface area contributed by atoms with Crippen molar-refractivity contribution < 1.29 is 9.31 Å². The van der Waals surface area contributed by atoms with Crippen molar-refractivity contribution in [3.05, 3.63) is 49.6 Å². The molecule has 2 rings (SSSR count). The number of nitrogens with one attached hydrogen (secondary N) is 1. The topological polar surface area (TPSA) is 73.0 Å². The Morgan fingerprint density at radius 3 is 2.90 bits per heavy atom. The lowest BCUT2D eigenvalue weighted by Gasteiger charge is -2.07. The van der Waals surface area contributed by atoms with Crippen molar-refractivity contribution in [3.63, 3.8) is 0 Å². The number of aromatic nitrogens is 2. The number of rotatable bonds is 5. The van der Waals surface area contributed by atoms with Crippen LogP contribution in [0.5, 0.6) is 0 Å². The van der Waals surface area contributed by atoms with E-state index in [0.717, 1.165) is 11.8 Å². The lowest BCUT2D eigenvalue weighted by atomic mass is 10.2. The van der Waals surface area contributed by atoms with Gasteiger partial charge >= 0.3 is 0 Å². The largest absolute Gasteiger partial charge is 0.379 e. The van der Waals surface area contributed by atoms with Gasteiger partial charge in [-0.15, -0.1) is 0 Å². The zero-order chi connectivity index (χ0) is 14.7. The highest BCUT2D eigenvalue weighted by atomic mass is 127. The first-order valence-electron chi connectivity index (χ1n) is 5.83. The van der Waals surface area contributed by atoms with Gasteiger partial charge in [0, 0.05) is 38.3 Å². The lowest BCUT2D eigenvalue weighted by Crippen LogP contribution is -2.08. The molecule has 1 N–H and O–H groups in total. The number of anilines is 1. The highest BCUT2D eigenvalue weighted by Crippen LogP contribution is 2.28. The predicted octanol–water partition coefficient (Wildman–Crippen LogP) is 2.73. The van der Waals surface area contributed by atoms with Crippen molar-refractivity contribution >= 4 is 34.0 Å². The summed E-state index contributed by atoms with van der Waals surface area (Å²) in [4.78, 5) is 10.4. The molecule has 0 saturated heterocycles. The molecule has 0 aliphatic heterocycles. The Balaban J connectivity index is 2.08. The van der Waals surface area contributed by atoms with Gasteiger partial charge in [0.15, 0.2) is 0 Å². The summed E-state index contributed by atoms with van der Waals surface area (Å²) < 4.78 is 15.4. The Hall–Kier alpha value is -1.71. The number of benzene rings is 1. The van der Waals surface area contributed by atoms with Crippen molar-refractivity contribution in [2.75, 3.05) is 11.9 Å². The average Bonchev–Trinajstić information content (AvgIpc) is 2.79. The van der Waals surface area contributed by atoms with Crippen LogP contribution in [0, 0.1) is 19.5 Å². The molecule has 0 bridgehead atoms. The van der Waals surface area contributed by atoms with Gasteiger partial charge in [-0.1, -0.05) is 0 Å². The van der Waals surface area contributed by atoms with Crippen LogP contribution in [0.25, 0.3) is 0 Å². The second kappa shape index (κ2) is 6.16. The highest BCUT2D eigenvalue weighted by Gasteiger charge is 2.17. The van der Waals surface area contributed by atoms with Crippen LogP contribution in [0.3, 0.4) is 0 Å². The van der Waals surface area contributed by atoms with Gasteiger partial charge in [0.1, 0.15) is 11.5 Å². The monoisotopic (exact) mass is 390 g/mol. The maximum atomic E-state index is 13.5. The molecule has 1 aromatic carbocycles. The van der Waals surface area contributed by atoms with Crippen molar-refractivity contribution in [1.82, 2.24) is 9.78 Å². The fraction of sp³-hybridized carbons (Fsp3) is 0.250. The van der Waals surface area contributed by atoms with Gasteiger partial charge in [0.05, 0.1) is 14.2 Å². The third-order valence-electron chi connectivity index (χ3n) is 2.70. The molecule has 0 unspecified atom stereocenters. The van der Waals surface area contributed by atoms with Gasteiger partial charge in [0.2, 0.25) is 0 Å². The van der Waals surface area contributed by atoms with Crippen LogP contribution in [-0.4, -0.2) is 21.2 Å². The molecule has 0 aliphatic rings. The van der Waals surface area contributed by atoms with E-state index in [1.807, 2.05) is 19.3 Å². The summed E-state index contributed by atoms with van der Waals surface area (Å²) in [6.45, 7) is 0.442. The molecule has 6 nitrogen and oxygen atoms in total. The maximum absolute atomic E-state index is 13.5. The number of halogens is 2. The molecular weight excluding hydrogens is 378 g/mol. The molecule has 2 aromatic rings. The van der Waals surface area contributed by atoms with Crippen LogP contribution in [0.2, 0.25) is 0 Å². The molecule has 20 heavy (non-hydrogen) atoms. The first-order chi connectivity index (χ1) is 9.47. The summed E-state index contributed by atoms with van der Waals surface area (Å²) in [6.07, 6.45) is 2.42. The van der Waals surface area contributed by atoms with E-state index in [1.54, 1.807) is 27.3 Å². The van der Waals surface area contributed by atoms with Crippen molar-refractivity contribution in [3.8, 4) is 0 Å². The zero-order valence-electron chi connectivity index (χ0n) is 10.6. The molecule has 0 atom stereocenters. The quantitative estimate of drug-likeness (QED) is 0.484. The van der Waals surface area contributed by atoms with Gasteiger partial charge in [-0.3, -0.25) is 14.8 Å². The molecule has 1 heterocycles. The lowest BCUT2D eigenvalue weighted by molar-refractivity contribution is -0.384. The number of nitrogens with zero attached hydrogens (tertiary/aromatic N) is 3. The van der Waals surface area contributed by atoms with Crippen LogP contribution < -0.4 is 5.32 Å². The molecule has 8 heteroatoms. The normalized spacial score (nSPS) is 10.6. The third kappa shape index (κ3) is 3.44. The molecule has 0 radical (unpaired) electrons. The number of nitro groups is 1. The first kappa shape index (κ1) is 14.7. The van der Waals surface area contributed by atoms with E-state index >= 15 is 0 Å². The summed E-state index contributed by atoms with van der Waals surface area (Å²) in [7, 11) is 1.82. The summed E-state index contributed by atoms with van der Waals surface area (Å²) in [5, 5.41) is 18.0. The SMILES string of the molecule is Cn1ccc(CCNc2cc(F)c(I)cc2[N+](=O)[O-])n1. The summed E-state index contributed by atoms with van der Waals surface area (Å²) in [5.41, 5.74) is 0.925. The van der Waals surface area contributed by atoms with Gasteiger partial charge in [0.25, 0.3) is 5.69 Å². The standard InChI is InChI=1S/C12H12FIN4O2/c1-17-5-3-8(16-17)2-4-15-11-6-9(13)10(14)7-12(11)18(19)20/h3,5-7,15H,2,4H2,1H3. The average molecular weight is 390 g/mol. The van der Waals surface area contributed by atoms with Crippen molar-refractivity contribution in [2.24, 2.45) is 7.05 Å². The fourth-order valence-electron chi connectivity index (χ4n) is 1.75. The minimum Gasteiger partial charge on any atom is -0.379 e. The molecule has 0 saturated carbocycles. The second-order valence-corrected chi connectivity index (χ2v) is 5.36. The minimum absolute atomic E-state index is 0.128. The van der Waals surface area contributed by atoms with Gasteiger partial charge in [-0.2, -0.15) is 5.10 Å².